The molecule has 1 rings (SSSR count). The Morgan fingerprint density at radius 2 is 2.00 bits per heavy atom. The number of nitrogen functional groups attached to an aromatic ring is 1. The Hall–Kier alpha value is -1.43. The second kappa shape index (κ2) is 5.07. The number of anilines is 2. The largest absolute Gasteiger partial charge is 0.399 e. The molecule has 0 aliphatic heterocycles. The van der Waals surface area contributed by atoms with Crippen molar-refractivity contribution < 1.29 is 18.3 Å². The molecule has 0 fully saturated rings. The van der Waals surface area contributed by atoms with Gasteiger partial charge in [-0.25, -0.2) is 0 Å². The molecule has 90 valence electrons. The Morgan fingerprint density at radius 1 is 1.31 bits per heavy atom. The average Bonchev–Trinajstić information content (AvgIpc) is 2.14. The van der Waals surface area contributed by atoms with Crippen LogP contribution in [-0.2, 0) is 6.42 Å². The quantitative estimate of drug-likeness (QED) is 0.696. The van der Waals surface area contributed by atoms with Crippen molar-refractivity contribution in [2.75, 3.05) is 24.2 Å². The number of nitrogens with two attached hydrogens (primary N) is 1. The molecule has 0 aliphatic carbocycles. The van der Waals surface area contributed by atoms with E-state index in [0.29, 0.717) is 5.69 Å². The molecule has 0 aromatic heterocycles. The van der Waals surface area contributed by atoms with Gasteiger partial charge in [0, 0.05) is 17.9 Å². The lowest BCUT2D eigenvalue weighted by molar-refractivity contribution is -0.127. The van der Waals surface area contributed by atoms with Gasteiger partial charge in [0.15, 0.2) is 0 Å². The molecule has 0 atom stereocenters. The molecule has 0 radical (unpaired) electrons. The first-order valence-corrected chi connectivity index (χ1v) is 4.72. The summed E-state index contributed by atoms with van der Waals surface area (Å²) in [7, 11) is 0. The van der Waals surface area contributed by atoms with E-state index in [1.54, 1.807) is 0 Å². The van der Waals surface area contributed by atoms with Gasteiger partial charge in [-0.15, -0.1) is 0 Å². The van der Waals surface area contributed by atoms with Crippen molar-refractivity contribution in [3.8, 4) is 0 Å². The molecule has 0 heterocycles. The van der Waals surface area contributed by atoms with Gasteiger partial charge in [0.25, 0.3) is 0 Å². The van der Waals surface area contributed by atoms with E-state index >= 15 is 0 Å². The maximum Gasteiger partial charge on any atom is 0.393 e. The molecule has 1 aromatic rings. The molecule has 0 spiro atoms. The van der Waals surface area contributed by atoms with Crippen LogP contribution in [0.1, 0.15) is 5.56 Å². The van der Waals surface area contributed by atoms with Crippen molar-refractivity contribution in [2.45, 2.75) is 12.6 Å². The number of hydrogen-bond donors (Lipinski definition) is 3. The van der Waals surface area contributed by atoms with Gasteiger partial charge in [-0.1, -0.05) is 0 Å². The van der Waals surface area contributed by atoms with Gasteiger partial charge in [0.1, 0.15) is 0 Å². The fraction of sp³-hybridized carbons (Fsp3) is 0.400. The summed E-state index contributed by atoms with van der Waals surface area (Å²) in [5.74, 6) is 0. The van der Waals surface area contributed by atoms with Crippen LogP contribution in [0.15, 0.2) is 18.2 Å². The van der Waals surface area contributed by atoms with Crippen LogP contribution in [-0.4, -0.2) is 24.4 Å². The molecule has 0 saturated heterocycles. The topological polar surface area (TPSA) is 58.3 Å². The summed E-state index contributed by atoms with van der Waals surface area (Å²) in [5.41, 5.74) is 6.15. The molecule has 0 amide bonds. The Labute approximate surface area is 91.1 Å². The van der Waals surface area contributed by atoms with Crippen molar-refractivity contribution in [3.63, 3.8) is 0 Å². The number of benzene rings is 1. The molecule has 3 nitrogen and oxygen atoms in total. The average molecular weight is 234 g/mol. The highest BCUT2D eigenvalue weighted by molar-refractivity contribution is 5.58. The van der Waals surface area contributed by atoms with E-state index in [2.05, 4.69) is 5.32 Å². The molecular formula is C10H13F3N2O. The normalized spacial score (nSPS) is 11.5. The zero-order valence-electron chi connectivity index (χ0n) is 8.51. The minimum Gasteiger partial charge on any atom is -0.399 e. The standard InChI is InChI=1S/C10H13F3N2O/c11-10(12,13)6-7-5-8(14)1-2-9(7)15-3-4-16/h1-2,5,15-16H,3-4,6,14H2. The summed E-state index contributed by atoms with van der Waals surface area (Å²) >= 11 is 0. The predicted molar refractivity (Wildman–Crippen MR) is 56.2 cm³/mol. The van der Waals surface area contributed by atoms with Gasteiger partial charge in [0.2, 0.25) is 0 Å². The predicted octanol–water partition coefficient (Wildman–Crippen LogP) is 1.78. The Morgan fingerprint density at radius 3 is 2.56 bits per heavy atom. The first kappa shape index (κ1) is 12.6. The third-order valence-corrected chi connectivity index (χ3v) is 1.95. The summed E-state index contributed by atoms with van der Waals surface area (Å²) in [6, 6.07) is 4.28. The molecule has 16 heavy (non-hydrogen) atoms. The van der Waals surface area contributed by atoms with Gasteiger partial charge in [-0.3, -0.25) is 0 Å². The minimum atomic E-state index is -4.27. The number of alkyl halides is 3. The van der Waals surface area contributed by atoms with Crippen LogP contribution in [0.5, 0.6) is 0 Å². The molecular weight excluding hydrogens is 221 g/mol. The third kappa shape index (κ3) is 3.98. The van der Waals surface area contributed by atoms with Crippen molar-refractivity contribution in [1.82, 2.24) is 0 Å². The third-order valence-electron chi connectivity index (χ3n) is 1.95. The van der Waals surface area contributed by atoms with Crippen LogP contribution < -0.4 is 11.1 Å². The summed E-state index contributed by atoms with van der Waals surface area (Å²) < 4.78 is 36.8. The van der Waals surface area contributed by atoms with Crippen molar-refractivity contribution >= 4 is 11.4 Å². The summed E-state index contributed by atoms with van der Waals surface area (Å²) in [6.07, 6.45) is -5.31. The van der Waals surface area contributed by atoms with E-state index < -0.39 is 12.6 Å². The molecule has 4 N–H and O–H groups in total. The smallest absolute Gasteiger partial charge is 0.393 e. The second-order valence-electron chi connectivity index (χ2n) is 3.36. The molecule has 6 heteroatoms. The number of rotatable bonds is 4. The van der Waals surface area contributed by atoms with Crippen LogP contribution in [0.2, 0.25) is 0 Å². The highest BCUT2D eigenvalue weighted by Crippen LogP contribution is 2.27. The van der Waals surface area contributed by atoms with Crippen molar-refractivity contribution in [3.05, 3.63) is 23.8 Å². The SMILES string of the molecule is Nc1ccc(NCCO)c(CC(F)(F)F)c1. The van der Waals surface area contributed by atoms with Gasteiger partial charge in [-0.2, -0.15) is 13.2 Å². The van der Waals surface area contributed by atoms with E-state index in [-0.39, 0.29) is 24.4 Å². The van der Waals surface area contributed by atoms with E-state index in [1.165, 1.54) is 18.2 Å². The fourth-order valence-corrected chi connectivity index (χ4v) is 1.34. The molecule has 0 bridgehead atoms. The van der Waals surface area contributed by atoms with Gasteiger partial charge >= 0.3 is 6.18 Å². The maximum atomic E-state index is 12.3. The van der Waals surface area contributed by atoms with Crippen LogP contribution in [0.25, 0.3) is 0 Å². The Kier molecular flexibility index (Phi) is 4.00. The summed E-state index contributed by atoms with van der Waals surface area (Å²) in [5, 5.41) is 11.3. The highest BCUT2D eigenvalue weighted by atomic mass is 19.4. The van der Waals surface area contributed by atoms with E-state index in [1.807, 2.05) is 0 Å². The second-order valence-corrected chi connectivity index (χ2v) is 3.36. The van der Waals surface area contributed by atoms with E-state index in [4.69, 9.17) is 10.8 Å². The minimum absolute atomic E-state index is 0.0842. The fourth-order valence-electron chi connectivity index (χ4n) is 1.34. The molecule has 1 aromatic carbocycles. The molecule has 0 aliphatic rings. The number of aliphatic hydroxyl groups is 1. The zero-order chi connectivity index (χ0) is 12.2. The first-order valence-electron chi connectivity index (χ1n) is 4.72. The van der Waals surface area contributed by atoms with Gasteiger partial charge < -0.3 is 16.2 Å². The lowest BCUT2D eigenvalue weighted by Crippen LogP contribution is -2.15. The van der Waals surface area contributed by atoms with Crippen LogP contribution in [0.3, 0.4) is 0 Å². The van der Waals surface area contributed by atoms with Crippen LogP contribution in [0.4, 0.5) is 24.5 Å². The number of aliphatic hydroxyl groups excluding tert-OH is 1. The van der Waals surface area contributed by atoms with E-state index in [9.17, 15) is 13.2 Å². The van der Waals surface area contributed by atoms with Gasteiger partial charge in [0.05, 0.1) is 13.0 Å². The van der Waals surface area contributed by atoms with Crippen LogP contribution in [0, 0.1) is 0 Å². The van der Waals surface area contributed by atoms with Crippen LogP contribution >= 0.6 is 0 Å². The van der Waals surface area contributed by atoms with Crippen molar-refractivity contribution in [1.29, 1.82) is 0 Å². The lowest BCUT2D eigenvalue weighted by Gasteiger charge is -2.13. The summed E-state index contributed by atoms with van der Waals surface area (Å²) in [4.78, 5) is 0. The van der Waals surface area contributed by atoms with Crippen molar-refractivity contribution in [2.24, 2.45) is 0 Å². The number of hydrogen-bond acceptors (Lipinski definition) is 3. The monoisotopic (exact) mass is 234 g/mol. The Balaban J connectivity index is 2.89. The van der Waals surface area contributed by atoms with Gasteiger partial charge in [-0.05, 0) is 23.8 Å². The summed E-state index contributed by atoms with van der Waals surface area (Å²) in [6.45, 7) is 0.0601. The number of halogens is 3. The first-order chi connectivity index (χ1) is 7.42. The maximum absolute atomic E-state index is 12.3. The molecule has 0 unspecified atom stereocenters. The van der Waals surface area contributed by atoms with E-state index in [0.717, 1.165) is 0 Å². The molecule has 0 saturated carbocycles. The zero-order valence-corrected chi connectivity index (χ0v) is 8.51. The lowest BCUT2D eigenvalue weighted by atomic mass is 10.1. The number of nitrogens with one attached hydrogen (secondary N) is 1. The highest BCUT2D eigenvalue weighted by Gasteiger charge is 2.28. The Bertz CT molecular complexity index is 352.